The molecule has 1 aromatic heterocycles. The van der Waals surface area contributed by atoms with Crippen LogP contribution in [0.4, 0.5) is 15.9 Å². The number of aromatic nitrogens is 1. The summed E-state index contributed by atoms with van der Waals surface area (Å²) < 4.78 is 13.6. The molecule has 0 aliphatic rings. The topological polar surface area (TPSA) is 62.2 Å². The van der Waals surface area contributed by atoms with Crippen LogP contribution in [-0.4, -0.2) is 16.1 Å². The van der Waals surface area contributed by atoms with E-state index in [0.29, 0.717) is 10.2 Å². The van der Waals surface area contributed by atoms with Crippen LogP contribution in [0.5, 0.6) is 0 Å². The zero-order valence-electron chi connectivity index (χ0n) is 9.62. The zero-order chi connectivity index (χ0) is 14.9. The first-order valence-electron chi connectivity index (χ1n) is 5.19. The summed E-state index contributed by atoms with van der Waals surface area (Å²) in [5, 5.41) is 12.2. The monoisotopic (exact) mass is 378 g/mol. The Hall–Kier alpha value is -1.37. The van der Waals surface area contributed by atoms with Gasteiger partial charge in [0.1, 0.15) is 17.2 Å². The Kier molecular flexibility index (Phi) is 4.47. The minimum Gasteiger partial charge on any atom is -0.478 e. The third-order valence-corrected chi connectivity index (χ3v) is 4.14. The maximum Gasteiger partial charge on any atom is 0.339 e. The molecule has 2 rings (SSSR count). The van der Waals surface area contributed by atoms with E-state index >= 15 is 0 Å². The average Bonchev–Trinajstić information content (AvgIpc) is 2.41. The van der Waals surface area contributed by atoms with E-state index in [0.717, 1.165) is 12.3 Å². The van der Waals surface area contributed by atoms with Crippen molar-refractivity contribution in [2.45, 2.75) is 0 Å². The van der Waals surface area contributed by atoms with Gasteiger partial charge in [-0.1, -0.05) is 23.2 Å². The maximum atomic E-state index is 13.0. The number of carbonyl (C=O) groups is 1. The van der Waals surface area contributed by atoms with E-state index in [9.17, 15) is 9.18 Å². The molecule has 0 saturated carbocycles. The standard InChI is InChI=1S/C12H6BrCl2FN2O2/c13-7-1-2-8(10(15)9(7)14)18-11-6(12(19)20)3-5(16)4-17-11/h1-4H,(H,17,18)(H,19,20). The van der Waals surface area contributed by atoms with Crippen molar-refractivity contribution in [3.05, 3.63) is 50.3 Å². The molecule has 0 aliphatic carbocycles. The van der Waals surface area contributed by atoms with Crippen LogP contribution in [0.15, 0.2) is 28.9 Å². The molecule has 2 N–H and O–H groups in total. The van der Waals surface area contributed by atoms with E-state index in [4.69, 9.17) is 28.3 Å². The molecular weight excluding hydrogens is 374 g/mol. The van der Waals surface area contributed by atoms with Gasteiger partial charge in [0, 0.05) is 4.47 Å². The van der Waals surface area contributed by atoms with Crippen molar-refractivity contribution in [3.63, 3.8) is 0 Å². The highest BCUT2D eigenvalue weighted by atomic mass is 79.9. The zero-order valence-corrected chi connectivity index (χ0v) is 12.7. The van der Waals surface area contributed by atoms with Crippen molar-refractivity contribution in [1.82, 2.24) is 4.98 Å². The molecule has 8 heteroatoms. The number of carboxylic acid groups (broad SMARTS) is 1. The van der Waals surface area contributed by atoms with Gasteiger partial charge in [0.15, 0.2) is 0 Å². The van der Waals surface area contributed by atoms with Gasteiger partial charge in [-0.25, -0.2) is 14.2 Å². The molecule has 0 spiro atoms. The Morgan fingerprint density at radius 3 is 2.70 bits per heavy atom. The van der Waals surface area contributed by atoms with Gasteiger partial charge >= 0.3 is 5.97 Å². The quantitative estimate of drug-likeness (QED) is 0.756. The van der Waals surface area contributed by atoms with Gasteiger partial charge in [0.05, 0.1) is 21.9 Å². The number of nitrogens with one attached hydrogen (secondary N) is 1. The van der Waals surface area contributed by atoms with Gasteiger partial charge in [-0.2, -0.15) is 0 Å². The molecule has 0 saturated heterocycles. The second-order valence-corrected chi connectivity index (χ2v) is 5.31. The van der Waals surface area contributed by atoms with Gasteiger partial charge in [0.25, 0.3) is 0 Å². The fraction of sp³-hybridized carbons (Fsp3) is 0. The summed E-state index contributed by atoms with van der Waals surface area (Å²) >= 11 is 15.2. The predicted molar refractivity (Wildman–Crippen MR) is 78.6 cm³/mol. The van der Waals surface area contributed by atoms with Gasteiger partial charge in [-0.3, -0.25) is 0 Å². The van der Waals surface area contributed by atoms with Crippen LogP contribution in [0.2, 0.25) is 10.0 Å². The summed E-state index contributed by atoms with van der Waals surface area (Å²) in [6.45, 7) is 0. The van der Waals surface area contributed by atoms with E-state index in [1.54, 1.807) is 12.1 Å². The van der Waals surface area contributed by atoms with E-state index in [1.165, 1.54) is 0 Å². The smallest absolute Gasteiger partial charge is 0.339 e. The highest BCUT2D eigenvalue weighted by molar-refractivity contribution is 9.10. The first-order valence-corrected chi connectivity index (χ1v) is 6.74. The second kappa shape index (κ2) is 5.95. The largest absolute Gasteiger partial charge is 0.478 e. The van der Waals surface area contributed by atoms with Crippen molar-refractivity contribution >= 4 is 56.6 Å². The predicted octanol–water partition coefficient (Wildman–Crippen LogP) is 4.73. The number of nitrogens with zero attached hydrogens (tertiary/aromatic N) is 1. The molecule has 0 atom stereocenters. The summed E-state index contributed by atoms with van der Waals surface area (Å²) in [5.74, 6) is -2.08. The number of hydrogen-bond acceptors (Lipinski definition) is 3. The SMILES string of the molecule is O=C(O)c1cc(F)cnc1Nc1ccc(Br)c(Cl)c1Cl. The van der Waals surface area contributed by atoms with E-state index < -0.39 is 11.8 Å². The van der Waals surface area contributed by atoms with Gasteiger partial charge in [-0.05, 0) is 34.1 Å². The fourth-order valence-electron chi connectivity index (χ4n) is 1.45. The number of rotatable bonds is 3. The minimum atomic E-state index is -1.31. The number of benzene rings is 1. The Labute approximate surface area is 131 Å². The summed E-state index contributed by atoms with van der Waals surface area (Å²) in [6, 6.07) is 4.10. The Balaban J connectivity index is 2.45. The van der Waals surface area contributed by atoms with Crippen LogP contribution in [0.1, 0.15) is 10.4 Å². The van der Waals surface area contributed by atoms with Crippen molar-refractivity contribution < 1.29 is 14.3 Å². The second-order valence-electron chi connectivity index (χ2n) is 3.70. The van der Waals surface area contributed by atoms with E-state index in [2.05, 4.69) is 26.2 Å². The van der Waals surface area contributed by atoms with Crippen LogP contribution in [0.3, 0.4) is 0 Å². The molecule has 0 bridgehead atoms. The molecule has 0 amide bonds. The summed E-state index contributed by atoms with van der Waals surface area (Å²) in [6.07, 6.45) is 0.906. The molecule has 1 aromatic carbocycles. The molecule has 0 fully saturated rings. The number of anilines is 2. The molecule has 2 aromatic rings. The van der Waals surface area contributed by atoms with E-state index in [1.807, 2.05) is 0 Å². The fourth-order valence-corrected chi connectivity index (χ4v) is 2.27. The molecule has 4 nitrogen and oxygen atoms in total. The maximum absolute atomic E-state index is 13.0. The van der Waals surface area contributed by atoms with Crippen molar-refractivity contribution in [2.24, 2.45) is 0 Å². The Morgan fingerprint density at radius 2 is 2.05 bits per heavy atom. The van der Waals surface area contributed by atoms with Crippen molar-refractivity contribution in [3.8, 4) is 0 Å². The van der Waals surface area contributed by atoms with Crippen LogP contribution in [0.25, 0.3) is 0 Å². The molecule has 0 unspecified atom stereocenters. The van der Waals surface area contributed by atoms with Gasteiger partial charge in [0.2, 0.25) is 0 Å². The molecule has 0 radical (unpaired) electrons. The van der Waals surface area contributed by atoms with Crippen LogP contribution < -0.4 is 5.32 Å². The first kappa shape index (κ1) is 15.0. The van der Waals surface area contributed by atoms with E-state index in [-0.39, 0.29) is 21.4 Å². The average molecular weight is 380 g/mol. The Morgan fingerprint density at radius 1 is 1.35 bits per heavy atom. The summed E-state index contributed by atoms with van der Waals surface area (Å²) in [5.41, 5.74) is 0.0570. The third-order valence-electron chi connectivity index (χ3n) is 2.37. The molecule has 20 heavy (non-hydrogen) atoms. The third kappa shape index (κ3) is 3.03. The number of aromatic carboxylic acids is 1. The number of hydrogen-bond donors (Lipinski definition) is 2. The lowest BCUT2D eigenvalue weighted by Crippen LogP contribution is -2.06. The first-order chi connectivity index (χ1) is 9.40. The lowest BCUT2D eigenvalue weighted by Gasteiger charge is -2.11. The molecule has 0 aliphatic heterocycles. The number of carboxylic acids is 1. The summed E-state index contributed by atoms with van der Waals surface area (Å²) in [4.78, 5) is 14.8. The van der Waals surface area contributed by atoms with Crippen LogP contribution >= 0.6 is 39.1 Å². The van der Waals surface area contributed by atoms with Crippen molar-refractivity contribution in [2.75, 3.05) is 5.32 Å². The Bertz CT molecular complexity index is 697. The van der Waals surface area contributed by atoms with Crippen molar-refractivity contribution in [1.29, 1.82) is 0 Å². The lowest BCUT2D eigenvalue weighted by molar-refractivity contribution is 0.0697. The number of pyridine rings is 1. The summed E-state index contributed by atoms with van der Waals surface area (Å²) in [7, 11) is 0. The van der Waals surface area contributed by atoms with Crippen LogP contribution in [0, 0.1) is 5.82 Å². The van der Waals surface area contributed by atoms with Gasteiger partial charge in [-0.15, -0.1) is 0 Å². The van der Waals surface area contributed by atoms with Gasteiger partial charge < -0.3 is 10.4 Å². The molecule has 104 valence electrons. The normalized spacial score (nSPS) is 10.4. The molecule has 1 heterocycles. The highest BCUT2D eigenvalue weighted by Gasteiger charge is 2.15. The molecular formula is C12H6BrCl2FN2O2. The number of halogens is 4. The lowest BCUT2D eigenvalue weighted by atomic mass is 10.2. The minimum absolute atomic E-state index is 0.0285. The highest BCUT2D eigenvalue weighted by Crippen LogP contribution is 2.37. The van der Waals surface area contributed by atoms with Crippen LogP contribution in [-0.2, 0) is 0 Å².